The van der Waals surface area contributed by atoms with Gasteiger partial charge in [-0.3, -0.25) is 10.1 Å². The van der Waals surface area contributed by atoms with Gasteiger partial charge in [0.2, 0.25) is 0 Å². The van der Waals surface area contributed by atoms with Crippen molar-refractivity contribution in [2.75, 3.05) is 19.8 Å². The van der Waals surface area contributed by atoms with Crippen LogP contribution in [0, 0.1) is 5.92 Å². The zero-order valence-electron chi connectivity index (χ0n) is 13.1. The van der Waals surface area contributed by atoms with E-state index in [0.29, 0.717) is 13.2 Å². The molecule has 1 aromatic carbocycles. The summed E-state index contributed by atoms with van der Waals surface area (Å²) < 4.78 is 10.8. The molecule has 0 saturated heterocycles. The number of carbonyl (C=O) groups excluding carboxylic acids is 1. The van der Waals surface area contributed by atoms with Gasteiger partial charge < -0.3 is 9.47 Å². The fraction of sp³-hybridized carbons (Fsp3) is 0.588. The van der Waals surface area contributed by atoms with Crippen LogP contribution in [0.2, 0.25) is 0 Å². The number of rotatable bonds is 8. The van der Waals surface area contributed by atoms with Crippen LogP contribution in [-0.4, -0.2) is 32.0 Å². The zero-order chi connectivity index (χ0) is 15.3. The van der Waals surface area contributed by atoms with Crippen LogP contribution in [0.3, 0.4) is 0 Å². The maximum atomic E-state index is 12.4. The molecule has 0 aromatic heterocycles. The van der Waals surface area contributed by atoms with Crippen molar-refractivity contribution in [1.82, 2.24) is 5.32 Å². The molecule has 0 amide bonds. The van der Waals surface area contributed by atoms with Crippen molar-refractivity contribution in [3.8, 4) is 0 Å². The molecule has 1 fully saturated rings. The Bertz CT molecular complexity index is 462. The molecule has 0 radical (unpaired) electrons. The lowest BCUT2D eigenvalue weighted by Crippen LogP contribution is -2.34. The van der Waals surface area contributed by atoms with Crippen LogP contribution in [0.15, 0.2) is 30.3 Å². The highest BCUT2D eigenvalue weighted by molar-refractivity contribution is 5.87. The highest BCUT2D eigenvalue weighted by Crippen LogP contribution is 2.54. The Morgan fingerprint density at radius 3 is 2.67 bits per heavy atom. The van der Waals surface area contributed by atoms with E-state index in [-0.39, 0.29) is 18.1 Å². The Kier molecular flexibility index (Phi) is 5.37. The SMILES string of the molecule is CCOC(=O)C1(c2ccccc2)CC1CNC(C)OCC. The first kappa shape index (κ1) is 16.0. The molecule has 0 bridgehead atoms. The summed E-state index contributed by atoms with van der Waals surface area (Å²) in [6.45, 7) is 7.67. The van der Waals surface area contributed by atoms with Crippen LogP contribution >= 0.6 is 0 Å². The predicted molar refractivity (Wildman–Crippen MR) is 82.0 cm³/mol. The Balaban J connectivity index is 2.06. The zero-order valence-corrected chi connectivity index (χ0v) is 13.1. The first-order valence-electron chi connectivity index (χ1n) is 7.72. The van der Waals surface area contributed by atoms with E-state index in [0.717, 1.165) is 18.5 Å². The average Bonchev–Trinajstić information content (AvgIpc) is 3.22. The fourth-order valence-corrected chi connectivity index (χ4v) is 2.91. The lowest BCUT2D eigenvalue weighted by atomic mass is 9.93. The van der Waals surface area contributed by atoms with Crippen molar-refractivity contribution >= 4 is 5.97 Å². The van der Waals surface area contributed by atoms with Gasteiger partial charge in [-0.1, -0.05) is 30.3 Å². The first-order valence-corrected chi connectivity index (χ1v) is 7.72. The summed E-state index contributed by atoms with van der Waals surface area (Å²) in [4.78, 5) is 12.4. The number of esters is 1. The van der Waals surface area contributed by atoms with Gasteiger partial charge in [-0.25, -0.2) is 0 Å². The van der Waals surface area contributed by atoms with Crippen LogP contribution in [0.1, 0.15) is 32.8 Å². The van der Waals surface area contributed by atoms with Crippen molar-refractivity contribution in [2.24, 2.45) is 5.92 Å². The molecule has 1 aliphatic rings. The number of nitrogens with one attached hydrogen (secondary N) is 1. The van der Waals surface area contributed by atoms with Gasteiger partial charge in [0.1, 0.15) is 6.23 Å². The average molecular weight is 291 g/mol. The Labute approximate surface area is 126 Å². The van der Waals surface area contributed by atoms with E-state index in [2.05, 4.69) is 5.32 Å². The second kappa shape index (κ2) is 7.05. The minimum absolute atomic E-state index is 0.00580. The summed E-state index contributed by atoms with van der Waals surface area (Å²) in [5.74, 6) is 0.161. The van der Waals surface area contributed by atoms with Crippen molar-refractivity contribution in [1.29, 1.82) is 0 Å². The van der Waals surface area contributed by atoms with Gasteiger partial charge in [0.25, 0.3) is 0 Å². The Morgan fingerprint density at radius 1 is 1.33 bits per heavy atom. The lowest BCUT2D eigenvalue weighted by Gasteiger charge is -2.18. The van der Waals surface area contributed by atoms with E-state index in [1.807, 2.05) is 51.1 Å². The van der Waals surface area contributed by atoms with E-state index >= 15 is 0 Å². The van der Waals surface area contributed by atoms with E-state index in [1.165, 1.54) is 0 Å². The number of hydrogen-bond donors (Lipinski definition) is 1. The Hall–Kier alpha value is -1.39. The number of benzene rings is 1. The minimum Gasteiger partial charge on any atom is -0.465 e. The van der Waals surface area contributed by atoms with Crippen molar-refractivity contribution < 1.29 is 14.3 Å². The van der Waals surface area contributed by atoms with Crippen LogP contribution in [-0.2, 0) is 19.7 Å². The monoisotopic (exact) mass is 291 g/mol. The van der Waals surface area contributed by atoms with Crippen LogP contribution in [0.25, 0.3) is 0 Å². The van der Waals surface area contributed by atoms with Gasteiger partial charge in [0.05, 0.1) is 12.0 Å². The quantitative estimate of drug-likeness (QED) is 0.590. The lowest BCUT2D eigenvalue weighted by molar-refractivity contribution is -0.146. The van der Waals surface area contributed by atoms with Crippen LogP contribution in [0.4, 0.5) is 0 Å². The second-order valence-electron chi connectivity index (χ2n) is 5.46. The third-order valence-electron chi connectivity index (χ3n) is 4.10. The largest absolute Gasteiger partial charge is 0.465 e. The fourth-order valence-electron chi connectivity index (χ4n) is 2.91. The molecule has 1 aliphatic carbocycles. The molecule has 1 N–H and O–H groups in total. The maximum absolute atomic E-state index is 12.4. The van der Waals surface area contributed by atoms with E-state index in [1.54, 1.807) is 0 Å². The molecule has 1 saturated carbocycles. The number of hydrogen-bond acceptors (Lipinski definition) is 4. The summed E-state index contributed by atoms with van der Waals surface area (Å²) in [7, 11) is 0. The molecule has 4 nitrogen and oxygen atoms in total. The van der Waals surface area contributed by atoms with Gasteiger partial charge in [-0.15, -0.1) is 0 Å². The van der Waals surface area contributed by atoms with Gasteiger partial charge in [-0.2, -0.15) is 0 Å². The molecule has 21 heavy (non-hydrogen) atoms. The highest BCUT2D eigenvalue weighted by Gasteiger charge is 2.61. The molecule has 2 rings (SSSR count). The molecule has 0 heterocycles. The summed E-state index contributed by atoms with van der Waals surface area (Å²) >= 11 is 0. The predicted octanol–water partition coefficient (Wildman–Crippen LogP) is 2.48. The summed E-state index contributed by atoms with van der Waals surface area (Å²) in [6, 6.07) is 9.95. The van der Waals surface area contributed by atoms with Crippen molar-refractivity contribution in [3.63, 3.8) is 0 Å². The van der Waals surface area contributed by atoms with Crippen molar-refractivity contribution in [3.05, 3.63) is 35.9 Å². The number of ether oxygens (including phenoxy) is 2. The first-order chi connectivity index (χ1) is 10.1. The second-order valence-corrected chi connectivity index (χ2v) is 5.46. The smallest absolute Gasteiger partial charge is 0.316 e. The molecule has 4 heteroatoms. The molecule has 1 aromatic rings. The van der Waals surface area contributed by atoms with Crippen LogP contribution in [0.5, 0.6) is 0 Å². The van der Waals surface area contributed by atoms with E-state index in [4.69, 9.17) is 9.47 Å². The van der Waals surface area contributed by atoms with Gasteiger partial charge in [0.15, 0.2) is 0 Å². The third-order valence-corrected chi connectivity index (χ3v) is 4.10. The molecule has 0 aliphatic heterocycles. The molecular weight excluding hydrogens is 266 g/mol. The summed E-state index contributed by atoms with van der Waals surface area (Å²) in [5.41, 5.74) is 0.579. The number of carbonyl (C=O) groups is 1. The minimum atomic E-state index is -0.476. The third kappa shape index (κ3) is 3.44. The molecule has 0 spiro atoms. The maximum Gasteiger partial charge on any atom is 0.316 e. The normalized spacial score (nSPS) is 25.4. The summed E-state index contributed by atoms with van der Waals surface area (Å²) in [5, 5.41) is 3.34. The molecular formula is C17H25NO3. The Morgan fingerprint density at radius 2 is 2.05 bits per heavy atom. The van der Waals surface area contributed by atoms with E-state index < -0.39 is 5.41 Å². The highest BCUT2D eigenvalue weighted by atomic mass is 16.5. The summed E-state index contributed by atoms with van der Waals surface area (Å²) in [6.07, 6.45) is 0.841. The van der Waals surface area contributed by atoms with Gasteiger partial charge in [-0.05, 0) is 38.7 Å². The molecule has 3 unspecified atom stereocenters. The van der Waals surface area contributed by atoms with Gasteiger partial charge in [0, 0.05) is 13.2 Å². The standard InChI is InChI=1S/C17H25NO3/c1-4-20-13(3)18-12-15-11-17(15,16(19)21-5-2)14-9-7-6-8-10-14/h6-10,13,15,18H,4-5,11-12H2,1-3H3. The van der Waals surface area contributed by atoms with Crippen LogP contribution < -0.4 is 5.32 Å². The van der Waals surface area contributed by atoms with E-state index in [9.17, 15) is 4.79 Å². The molecule has 116 valence electrons. The van der Waals surface area contributed by atoms with Gasteiger partial charge >= 0.3 is 5.97 Å². The topological polar surface area (TPSA) is 47.6 Å². The van der Waals surface area contributed by atoms with Crippen molar-refractivity contribution in [2.45, 2.75) is 38.8 Å². The molecule has 3 atom stereocenters.